The third-order valence-electron chi connectivity index (χ3n) is 3.75. The Hall–Kier alpha value is -2.08. The molecule has 2 aromatic rings. The summed E-state index contributed by atoms with van der Waals surface area (Å²) in [4.78, 5) is 18.7. The van der Waals surface area contributed by atoms with E-state index in [4.69, 9.17) is 10.5 Å². The van der Waals surface area contributed by atoms with E-state index in [1.165, 1.54) is 11.3 Å². The minimum absolute atomic E-state index is 0.0138. The number of hydrogen-bond donors (Lipinski definition) is 1. The highest BCUT2D eigenvalue weighted by Crippen LogP contribution is 2.38. The first kappa shape index (κ1) is 14.8. The van der Waals surface area contributed by atoms with Crippen molar-refractivity contribution in [2.75, 3.05) is 17.2 Å². The number of likely N-dealkylation sites (N-methyl/N-ethyl adjacent to an activating group) is 1. The molecule has 0 saturated carbocycles. The molecule has 0 bridgehead atoms. The van der Waals surface area contributed by atoms with Crippen LogP contribution in [0.4, 0.5) is 10.8 Å². The molecule has 0 spiro atoms. The fraction of sp³-hybridized carbons (Fsp3) is 0.375. The molecule has 1 unspecified atom stereocenters. The molecule has 2 heterocycles. The van der Waals surface area contributed by atoms with Crippen molar-refractivity contribution in [1.29, 1.82) is 0 Å². The highest BCUT2D eigenvalue weighted by molar-refractivity contribution is 7.13. The Labute approximate surface area is 133 Å². The van der Waals surface area contributed by atoms with Crippen LogP contribution < -0.4 is 15.4 Å². The molecule has 0 radical (unpaired) electrons. The summed E-state index contributed by atoms with van der Waals surface area (Å²) >= 11 is 1.40. The first-order valence-corrected chi connectivity index (χ1v) is 8.22. The van der Waals surface area contributed by atoms with Gasteiger partial charge in [0.05, 0.1) is 11.4 Å². The van der Waals surface area contributed by atoms with Crippen molar-refractivity contribution in [1.82, 2.24) is 4.98 Å². The van der Waals surface area contributed by atoms with Gasteiger partial charge in [0.1, 0.15) is 5.75 Å². The second-order valence-corrected chi connectivity index (χ2v) is 6.51. The number of amides is 1. The number of carbonyl (C=O) groups excluding carboxylic acids is 1. The summed E-state index contributed by atoms with van der Waals surface area (Å²) in [7, 11) is 0. The normalized spacial score (nSPS) is 17.5. The van der Waals surface area contributed by atoms with Gasteiger partial charge in [0.2, 0.25) is 0 Å². The van der Waals surface area contributed by atoms with E-state index >= 15 is 0 Å². The Morgan fingerprint density at radius 1 is 1.45 bits per heavy atom. The molecule has 1 amide bonds. The minimum atomic E-state index is -0.423. The van der Waals surface area contributed by atoms with Crippen LogP contribution in [0.15, 0.2) is 23.6 Å². The second kappa shape index (κ2) is 5.61. The smallest absolute Gasteiger partial charge is 0.268 e. The van der Waals surface area contributed by atoms with Crippen molar-refractivity contribution < 1.29 is 9.53 Å². The SMILES string of the molecule is CCN1C(=O)C(C(C)C)Oc2ccc(-c3csc(N)n3)cc21. The first-order chi connectivity index (χ1) is 10.5. The van der Waals surface area contributed by atoms with Gasteiger partial charge in [0.25, 0.3) is 5.91 Å². The number of nitrogens with two attached hydrogens (primary N) is 1. The van der Waals surface area contributed by atoms with Gasteiger partial charge in [-0.1, -0.05) is 13.8 Å². The van der Waals surface area contributed by atoms with Crippen LogP contribution in [0.3, 0.4) is 0 Å². The lowest BCUT2D eigenvalue weighted by Crippen LogP contribution is -2.48. The number of fused-ring (bicyclic) bond motifs is 1. The van der Waals surface area contributed by atoms with Crippen LogP contribution in [0.25, 0.3) is 11.3 Å². The minimum Gasteiger partial charge on any atom is -0.478 e. The summed E-state index contributed by atoms with van der Waals surface area (Å²) in [5, 5.41) is 2.45. The van der Waals surface area contributed by atoms with Gasteiger partial charge < -0.3 is 15.4 Å². The van der Waals surface area contributed by atoms with E-state index in [0.717, 1.165) is 22.7 Å². The number of ether oxygens (including phenoxy) is 1. The molecule has 2 N–H and O–H groups in total. The zero-order valence-corrected chi connectivity index (χ0v) is 13.7. The van der Waals surface area contributed by atoms with E-state index < -0.39 is 6.10 Å². The van der Waals surface area contributed by atoms with Crippen LogP contribution in [0.2, 0.25) is 0 Å². The number of nitrogens with zero attached hydrogens (tertiary/aromatic N) is 2. The standard InChI is InChI=1S/C16H19N3O2S/c1-4-19-12-7-10(11-8-22-16(17)18-11)5-6-13(12)21-14(9(2)3)15(19)20/h5-9,14H,4H2,1-3H3,(H2,17,18). The highest BCUT2D eigenvalue weighted by Gasteiger charge is 2.35. The third-order valence-corrected chi connectivity index (χ3v) is 4.43. The van der Waals surface area contributed by atoms with Crippen LogP contribution in [-0.4, -0.2) is 23.5 Å². The van der Waals surface area contributed by atoms with Gasteiger partial charge in [-0.25, -0.2) is 4.98 Å². The molecule has 0 saturated heterocycles. The van der Waals surface area contributed by atoms with Gasteiger partial charge in [0.15, 0.2) is 11.2 Å². The molecule has 6 heteroatoms. The Morgan fingerprint density at radius 3 is 2.82 bits per heavy atom. The summed E-state index contributed by atoms with van der Waals surface area (Å²) in [5.74, 6) is 0.889. The number of anilines is 2. The van der Waals surface area contributed by atoms with Crippen LogP contribution >= 0.6 is 11.3 Å². The predicted molar refractivity (Wildman–Crippen MR) is 89.2 cm³/mol. The van der Waals surface area contributed by atoms with Gasteiger partial charge in [-0.2, -0.15) is 0 Å². The third kappa shape index (κ3) is 2.43. The van der Waals surface area contributed by atoms with Gasteiger partial charge in [-0.05, 0) is 31.0 Å². The lowest BCUT2D eigenvalue weighted by Gasteiger charge is -2.35. The number of benzene rings is 1. The van der Waals surface area contributed by atoms with E-state index in [1.54, 1.807) is 4.90 Å². The second-order valence-electron chi connectivity index (χ2n) is 5.62. The van der Waals surface area contributed by atoms with Crippen molar-refractivity contribution in [3.8, 4) is 17.0 Å². The lowest BCUT2D eigenvalue weighted by atomic mass is 10.0. The Balaban J connectivity index is 2.04. The molecular formula is C16H19N3O2S. The molecule has 3 rings (SSSR count). The molecular weight excluding hydrogens is 298 g/mol. The fourth-order valence-corrected chi connectivity index (χ4v) is 3.19. The maximum absolute atomic E-state index is 12.6. The number of thiazole rings is 1. The quantitative estimate of drug-likeness (QED) is 0.944. The van der Waals surface area contributed by atoms with Gasteiger partial charge in [0, 0.05) is 17.5 Å². The predicted octanol–water partition coefficient (Wildman–Crippen LogP) is 3.16. The summed E-state index contributed by atoms with van der Waals surface area (Å²) in [5.41, 5.74) is 8.25. The molecule has 1 aromatic carbocycles. The van der Waals surface area contributed by atoms with Gasteiger partial charge >= 0.3 is 0 Å². The highest BCUT2D eigenvalue weighted by atomic mass is 32.1. The molecule has 1 aliphatic heterocycles. The van der Waals surface area contributed by atoms with Crippen molar-refractivity contribution in [3.63, 3.8) is 0 Å². The zero-order valence-electron chi connectivity index (χ0n) is 12.9. The Morgan fingerprint density at radius 2 is 2.23 bits per heavy atom. The summed E-state index contributed by atoms with van der Waals surface area (Å²) in [6.07, 6.45) is -0.423. The molecule has 1 aliphatic rings. The molecule has 0 fully saturated rings. The van der Waals surface area contributed by atoms with E-state index in [9.17, 15) is 4.79 Å². The zero-order chi connectivity index (χ0) is 15.9. The van der Waals surface area contributed by atoms with E-state index in [-0.39, 0.29) is 11.8 Å². The van der Waals surface area contributed by atoms with Crippen molar-refractivity contribution >= 4 is 28.1 Å². The van der Waals surface area contributed by atoms with E-state index in [0.29, 0.717) is 11.7 Å². The van der Waals surface area contributed by atoms with Crippen LogP contribution in [-0.2, 0) is 4.79 Å². The number of nitrogen functional groups attached to an aromatic ring is 1. The first-order valence-electron chi connectivity index (χ1n) is 7.34. The van der Waals surface area contributed by atoms with E-state index in [1.807, 2.05) is 44.4 Å². The van der Waals surface area contributed by atoms with Crippen molar-refractivity contribution in [2.45, 2.75) is 26.9 Å². The molecule has 22 heavy (non-hydrogen) atoms. The maximum atomic E-state index is 12.6. The number of hydrogen-bond acceptors (Lipinski definition) is 5. The average molecular weight is 317 g/mol. The van der Waals surface area contributed by atoms with Gasteiger partial charge in [-0.15, -0.1) is 11.3 Å². The summed E-state index contributed by atoms with van der Waals surface area (Å²) < 4.78 is 5.90. The molecule has 0 aliphatic carbocycles. The van der Waals surface area contributed by atoms with E-state index in [2.05, 4.69) is 4.98 Å². The van der Waals surface area contributed by atoms with Crippen LogP contribution in [0.5, 0.6) is 5.75 Å². The van der Waals surface area contributed by atoms with Gasteiger partial charge in [-0.3, -0.25) is 4.79 Å². The average Bonchev–Trinajstić information content (AvgIpc) is 2.92. The number of rotatable bonds is 3. The largest absolute Gasteiger partial charge is 0.478 e. The topological polar surface area (TPSA) is 68.5 Å². The summed E-state index contributed by atoms with van der Waals surface area (Å²) in [6, 6.07) is 5.81. The van der Waals surface area contributed by atoms with Crippen molar-refractivity contribution in [3.05, 3.63) is 23.6 Å². The monoisotopic (exact) mass is 317 g/mol. The summed E-state index contributed by atoms with van der Waals surface area (Å²) in [6.45, 7) is 6.57. The number of aromatic nitrogens is 1. The molecule has 1 atom stereocenters. The number of carbonyl (C=O) groups is 1. The molecule has 116 valence electrons. The lowest BCUT2D eigenvalue weighted by molar-refractivity contribution is -0.128. The maximum Gasteiger partial charge on any atom is 0.268 e. The molecule has 5 nitrogen and oxygen atoms in total. The van der Waals surface area contributed by atoms with Crippen LogP contribution in [0, 0.1) is 5.92 Å². The Kier molecular flexibility index (Phi) is 3.78. The fourth-order valence-electron chi connectivity index (χ4n) is 2.61. The van der Waals surface area contributed by atoms with Crippen LogP contribution in [0.1, 0.15) is 20.8 Å². The molecule has 1 aromatic heterocycles. The van der Waals surface area contributed by atoms with Crippen molar-refractivity contribution in [2.24, 2.45) is 5.92 Å². The Bertz CT molecular complexity index is 711.